The lowest BCUT2D eigenvalue weighted by atomic mass is 9.90. The molecule has 0 radical (unpaired) electrons. The number of hydrogen-bond donors (Lipinski definition) is 0. The summed E-state index contributed by atoms with van der Waals surface area (Å²) in [5.41, 5.74) is 6.37. The summed E-state index contributed by atoms with van der Waals surface area (Å²) < 4.78 is 6.96. The summed E-state index contributed by atoms with van der Waals surface area (Å²) in [5, 5.41) is 0. The highest BCUT2D eigenvalue weighted by molar-refractivity contribution is 14.1. The lowest BCUT2D eigenvalue weighted by Gasteiger charge is -2.31. The van der Waals surface area contributed by atoms with E-state index in [9.17, 15) is 4.79 Å². The molecule has 1 amide bonds. The minimum absolute atomic E-state index is 0.0486. The van der Waals surface area contributed by atoms with Crippen molar-refractivity contribution in [3.63, 3.8) is 0 Å². The third kappa shape index (κ3) is 3.10. The van der Waals surface area contributed by atoms with Gasteiger partial charge in [-0.2, -0.15) is 0 Å². The van der Waals surface area contributed by atoms with Crippen LogP contribution in [0, 0.1) is 5.92 Å². The van der Waals surface area contributed by atoms with Crippen LogP contribution < -0.4 is 0 Å². The number of allylic oxidation sites excluding steroid dienone is 1. The van der Waals surface area contributed by atoms with Crippen LogP contribution >= 0.6 is 21.3 Å². The fourth-order valence-electron chi connectivity index (χ4n) is 4.11. The predicted molar refractivity (Wildman–Crippen MR) is 122 cm³/mol. The second kappa shape index (κ2) is 7.19. The molecule has 7 nitrogen and oxygen atoms in total. The average Bonchev–Trinajstić information content (AvgIpc) is 3.56. The number of halogens is 1. The SMILES string of the molecule is O=C1CN=C(N2C=C(C3CC3)N=I2)C=C2c3cccc(-c4cnccn4)c3CCN12. The third-order valence-electron chi connectivity index (χ3n) is 5.79. The van der Waals surface area contributed by atoms with Crippen molar-refractivity contribution >= 4 is 38.7 Å². The first-order valence-corrected chi connectivity index (χ1v) is 12.0. The zero-order chi connectivity index (χ0) is 20.1. The molecule has 0 saturated heterocycles. The van der Waals surface area contributed by atoms with Gasteiger partial charge in [-0.3, -0.25) is 22.9 Å². The molecule has 0 unspecified atom stereocenters. The molecule has 30 heavy (non-hydrogen) atoms. The van der Waals surface area contributed by atoms with Crippen LogP contribution in [0.2, 0.25) is 0 Å². The molecule has 1 fully saturated rings. The number of carbonyl (C=O) groups excluding carboxylic acids is 1. The van der Waals surface area contributed by atoms with E-state index in [1.54, 1.807) is 18.6 Å². The summed E-state index contributed by atoms with van der Waals surface area (Å²) in [6.45, 7) is 0.835. The zero-order valence-electron chi connectivity index (χ0n) is 16.2. The van der Waals surface area contributed by atoms with Gasteiger partial charge in [-0.15, -0.1) is 0 Å². The Morgan fingerprint density at radius 3 is 2.87 bits per heavy atom. The maximum atomic E-state index is 12.9. The van der Waals surface area contributed by atoms with Gasteiger partial charge >= 0.3 is 0 Å². The summed E-state index contributed by atoms with van der Waals surface area (Å²) in [7, 11) is 0. The number of amides is 1. The van der Waals surface area contributed by atoms with Crippen LogP contribution in [-0.2, 0) is 11.2 Å². The zero-order valence-corrected chi connectivity index (χ0v) is 18.4. The monoisotopic (exact) mass is 510 g/mol. The molecule has 3 aliphatic heterocycles. The lowest BCUT2D eigenvalue weighted by molar-refractivity contribution is -0.126. The number of benzene rings is 1. The van der Waals surface area contributed by atoms with E-state index in [1.807, 2.05) is 11.0 Å². The first-order chi connectivity index (χ1) is 14.8. The van der Waals surface area contributed by atoms with Crippen molar-refractivity contribution in [2.24, 2.45) is 14.1 Å². The minimum atomic E-state index is -0.504. The molecule has 1 saturated carbocycles. The highest BCUT2D eigenvalue weighted by Crippen LogP contribution is 2.43. The molecular weight excluding hydrogens is 491 g/mol. The quantitative estimate of drug-likeness (QED) is 0.454. The van der Waals surface area contributed by atoms with Crippen molar-refractivity contribution in [1.82, 2.24) is 18.0 Å². The summed E-state index contributed by atoms with van der Waals surface area (Å²) in [5.74, 6) is 1.54. The lowest BCUT2D eigenvalue weighted by Crippen LogP contribution is -2.36. The molecule has 0 spiro atoms. The Morgan fingerprint density at radius 2 is 2.03 bits per heavy atom. The number of fused-ring (bicyclic) bond motifs is 3. The van der Waals surface area contributed by atoms with E-state index < -0.39 is 21.3 Å². The summed E-state index contributed by atoms with van der Waals surface area (Å²) in [6.07, 6.45) is 12.7. The van der Waals surface area contributed by atoms with Gasteiger partial charge in [-0.25, -0.2) is 3.15 Å². The third-order valence-corrected chi connectivity index (χ3v) is 7.80. The number of carbonyl (C=O) groups is 1. The van der Waals surface area contributed by atoms with Crippen molar-refractivity contribution in [1.29, 1.82) is 0 Å². The Balaban J connectivity index is 1.44. The van der Waals surface area contributed by atoms with E-state index in [2.05, 4.69) is 42.5 Å². The predicted octanol–water partition coefficient (Wildman–Crippen LogP) is 3.92. The molecule has 6 rings (SSSR count). The van der Waals surface area contributed by atoms with Crippen molar-refractivity contribution in [3.8, 4) is 11.3 Å². The molecule has 2 aromatic rings. The van der Waals surface area contributed by atoms with Crippen LogP contribution in [0.3, 0.4) is 0 Å². The van der Waals surface area contributed by atoms with E-state index in [1.165, 1.54) is 24.1 Å². The molecule has 0 N–H and O–H groups in total. The Bertz CT molecular complexity index is 1170. The minimum Gasteiger partial charge on any atom is -0.310 e. The molecule has 4 heterocycles. The standard InChI is InChI=1S/C22H19IN6O/c30-22-12-26-21(29-13-19(27-23-29)14-4-5-14)10-20-17-3-1-2-16(15(17)6-9-28(20)22)18-11-24-7-8-25-18/h1-3,7-8,10-11,13-14H,4-6,9,12H2. The highest BCUT2D eigenvalue weighted by Gasteiger charge is 2.32. The van der Waals surface area contributed by atoms with Crippen molar-refractivity contribution in [2.75, 3.05) is 13.1 Å². The smallest absolute Gasteiger partial charge is 0.248 e. The van der Waals surface area contributed by atoms with E-state index >= 15 is 0 Å². The molecule has 0 bridgehead atoms. The fourth-order valence-corrected chi connectivity index (χ4v) is 6.03. The second-order valence-electron chi connectivity index (χ2n) is 7.72. The van der Waals surface area contributed by atoms with Gasteiger partial charge in [0.1, 0.15) is 33.7 Å². The summed E-state index contributed by atoms with van der Waals surface area (Å²) >= 11 is -0.504. The summed E-state index contributed by atoms with van der Waals surface area (Å²) in [4.78, 5) is 28.1. The van der Waals surface area contributed by atoms with Gasteiger partial charge in [0.15, 0.2) is 0 Å². The number of aliphatic imine (C=N–C) groups is 1. The van der Waals surface area contributed by atoms with E-state index in [0.717, 1.165) is 34.8 Å². The number of aromatic nitrogens is 2. The van der Waals surface area contributed by atoms with Gasteiger partial charge in [-0.1, -0.05) is 18.2 Å². The number of hydrogen-bond acceptors (Lipinski definition) is 6. The van der Waals surface area contributed by atoms with E-state index in [-0.39, 0.29) is 12.5 Å². The number of amidine groups is 1. The number of rotatable bonds is 2. The second-order valence-corrected chi connectivity index (χ2v) is 9.67. The fraction of sp³-hybridized carbons (Fsp3) is 0.273. The van der Waals surface area contributed by atoms with E-state index in [0.29, 0.717) is 12.5 Å². The first-order valence-electron chi connectivity index (χ1n) is 10.1. The maximum Gasteiger partial charge on any atom is 0.248 e. The number of nitrogens with zero attached hydrogens (tertiary/aromatic N) is 6. The normalized spacial score (nSPS) is 20.5. The molecule has 1 aliphatic carbocycles. The largest absolute Gasteiger partial charge is 0.310 e. The van der Waals surface area contributed by atoms with Gasteiger partial charge in [0.25, 0.3) is 0 Å². The van der Waals surface area contributed by atoms with Gasteiger partial charge in [0.2, 0.25) is 5.91 Å². The topological polar surface area (TPSA) is 74.0 Å². The van der Waals surface area contributed by atoms with Gasteiger partial charge in [0, 0.05) is 48.3 Å². The van der Waals surface area contributed by atoms with Gasteiger partial charge < -0.3 is 4.90 Å². The van der Waals surface area contributed by atoms with Crippen molar-refractivity contribution in [2.45, 2.75) is 19.3 Å². The van der Waals surface area contributed by atoms with Gasteiger partial charge in [-0.05, 0) is 24.8 Å². The van der Waals surface area contributed by atoms with Crippen LogP contribution in [0.15, 0.2) is 62.9 Å². The molecule has 150 valence electrons. The Labute approximate surface area is 184 Å². The Hall–Kier alpha value is -2.75. The maximum absolute atomic E-state index is 12.9. The molecule has 0 atom stereocenters. The highest BCUT2D eigenvalue weighted by atomic mass is 127. The van der Waals surface area contributed by atoms with Crippen LogP contribution in [0.4, 0.5) is 0 Å². The van der Waals surface area contributed by atoms with Crippen LogP contribution in [0.5, 0.6) is 0 Å². The van der Waals surface area contributed by atoms with Crippen molar-refractivity contribution in [3.05, 3.63) is 65.9 Å². The van der Waals surface area contributed by atoms with Crippen LogP contribution in [-0.4, -0.2) is 42.8 Å². The van der Waals surface area contributed by atoms with E-state index in [4.69, 9.17) is 3.15 Å². The Morgan fingerprint density at radius 1 is 1.13 bits per heavy atom. The van der Waals surface area contributed by atoms with Crippen LogP contribution in [0.1, 0.15) is 24.0 Å². The molecular formula is C22H19IN6O. The van der Waals surface area contributed by atoms with Crippen LogP contribution in [0.25, 0.3) is 17.0 Å². The molecule has 8 heteroatoms. The van der Waals surface area contributed by atoms with Crippen molar-refractivity contribution < 1.29 is 4.79 Å². The summed E-state index contributed by atoms with van der Waals surface area (Å²) in [6, 6.07) is 6.21. The Kier molecular flexibility index (Phi) is 4.33. The molecule has 1 aromatic carbocycles. The molecule has 1 aromatic heterocycles. The van der Waals surface area contributed by atoms with Gasteiger partial charge in [0.05, 0.1) is 23.3 Å². The average molecular weight is 510 g/mol. The molecule has 4 aliphatic rings. The first kappa shape index (κ1) is 18.1.